The second-order valence-electron chi connectivity index (χ2n) is 8.01. The summed E-state index contributed by atoms with van der Waals surface area (Å²) in [6.45, 7) is 9.15. The number of nitrogens with one attached hydrogen (secondary N) is 2. The second kappa shape index (κ2) is 10.1. The van der Waals surface area contributed by atoms with Crippen LogP contribution in [-0.4, -0.2) is 34.1 Å². The summed E-state index contributed by atoms with van der Waals surface area (Å²) in [6.07, 6.45) is 6.59. The van der Waals surface area contributed by atoms with Gasteiger partial charge in [0, 0.05) is 23.4 Å². The van der Waals surface area contributed by atoms with Gasteiger partial charge in [-0.05, 0) is 56.7 Å². The van der Waals surface area contributed by atoms with Crippen molar-refractivity contribution in [2.75, 3.05) is 0 Å². The first-order chi connectivity index (χ1) is 13.7. The lowest BCUT2D eigenvalue weighted by atomic mass is 9.84. The number of hydrogen-bond donors (Lipinski definition) is 3. The molecule has 6 heteroatoms. The topological polar surface area (TPSA) is 78.4 Å². The van der Waals surface area contributed by atoms with Crippen LogP contribution in [0.15, 0.2) is 49.6 Å². The van der Waals surface area contributed by atoms with Crippen molar-refractivity contribution < 1.29 is 14.7 Å². The zero-order valence-corrected chi connectivity index (χ0v) is 17.8. The van der Waals surface area contributed by atoms with Crippen molar-refractivity contribution in [1.82, 2.24) is 10.6 Å². The van der Waals surface area contributed by atoms with Crippen LogP contribution in [0.5, 0.6) is 0 Å². The first kappa shape index (κ1) is 23.2. The van der Waals surface area contributed by atoms with Crippen molar-refractivity contribution in [3.8, 4) is 0 Å². The molecule has 29 heavy (non-hydrogen) atoms. The Labute approximate surface area is 178 Å². The summed E-state index contributed by atoms with van der Waals surface area (Å²) < 4.78 is 0. The highest BCUT2D eigenvalue weighted by molar-refractivity contribution is 6.30. The van der Waals surface area contributed by atoms with E-state index in [9.17, 15) is 14.7 Å². The monoisotopic (exact) mass is 418 g/mol. The number of halogens is 1. The van der Waals surface area contributed by atoms with Crippen LogP contribution in [0.2, 0.25) is 5.02 Å². The van der Waals surface area contributed by atoms with Gasteiger partial charge in [0.15, 0.2) is 0 Å². The largest absolute Gasteiger partial charge is 0.387 e. The molecule has 1 fully saturated rings. The molecule has 1 saturated heterocycles. The molecule has 5 nitrogen and oxygen atoms in total. The Kier molecular flexibility index (Phi) is 8.05. The summed E-state index contributed by atoms with van der Waals surface area (Å²) in [4.78, 5) is 24.5. The SMILES string of the molecule is C=CCC(O)(CC=C)[C@H](C)NC(=O)CC[C@@]1(Cc2ccc(Cl)cc2)CCC(=O)N1. The van der Waals surface area contributed by atoms with Crippen LogP contribution in [0.25, 0.3) is 0 Å². The fraction of sp³-hybridized carbons (Fsp3) is 0.478. The number of aliphatic hydroxyl groups is 1. The molecule has 0 spiro atoms. The summed E-state index contributed by atoms with van der Waals surface area (Å²) in [5.74, 6) is -0.139. The lowest BCUT2D eigenvalue weighted by molar-refractivity contribution is -0.125. The summed E-state index contributed by atoms with van der Waals surface area (Å²) in [5.41, 5.74) is -0.483. The Bertz CT molecular complexity index is 737. The van der Waals surface area contributed by atoms with Crippen LogP contribution >= 0.6 is 11.6 Å². The molecule has 1 aromatic rings. The summed E-state index contributed by atoms with van der Waals surface area (Å²) in [7, 11) is 0. The molecule has 1 aliphatic heterocycles. The van der Waals surface area contributed by atoms with E-state index in [2.05, 4.69) is 23.8 Å². The highest BCUT2D eigenvalue weighted by Gasteiger charge is 2.38. The zero-order valence-electron chi connectivity index (χ0n) is 17.0. The first-order valence-corrected chi connectivity index (χ1v) is 10.4. The van der Waals surface area contributed by atoms with E-state index in [1.54, 1.807) is 19.1 Å². The van der Waals surface area contributed by atoms with Crippen LogP contribution in [0, 0.1) is 0 Å². The lowest BCUT2D eigenvalue weighted by Crippen LogP contribution is -2.51. The van der Waals surface area contributed by atoms with Gasteiger partial charge in [0.2, 0.25) is 11.8 Å². The Morgan fingerprint density at radius 3 is 2.48 bits per heavy atom. The van der Waals surface area contributed by atoms with E-state index >= 15 is 0 Å². The van der Waals surface area contributed by atoms with Gasteiger partial charge < -0.3 is 15.7 Å². The molecular formula is C23H31ClN2O3. The third-order valence-corrected chi connectivity index (χ3v) is 5.95. The molecule has 0 saturated carbocycles. The minimum absolute atomic E-state index is 0.0130. The van der Waals surface area contributed by atoms with E-state index in [0.29, 0.717) is 43.5 Å². The number of amides is 2. The normalized spacial score (nSPS) is 20.0. The molecule has 0 bridgehead atoms. The molecule has 2 rings (SSSR count). The van der Waals surface area contributed by atoms with Gasteiger partial charge in [-0.1, -0.05) is 35.9 Å². The smallest absolute Gasteiger partial charge is 0.220 e. The molecule has 0 aliphatic carbocycles. The van der Waals surface area contributed by atoms with E-state index in [1.807, 2.05) is 24.3 Å². The van der Waals surface area contributed by atoms with Crippen molar-refractivity contribution in [3.05, 3.63) is 60.2 Å². The average molecular weight is 419 g/mol. The van der Waals surface area contributed by atoms with Crippen molar-refractivity contribution in [2.45, 2.75) is 69.1 Å². The van der Waals surface area contributed by atoms with E-state index in [0.717, 1.165) is 5.56 Å². The van der Waals surface area contributed by atoms with Crippen molar-refractivity contribution in [1.29, 1.82) is 0 Å². The highest BCUT2D eigenvalue weighted by atomic mass is 35.5. The standard InChI is InChI=1S/C23H31ClN2O3/c1-4-12-23(29,13-5-2)17(3)25-20(27)10-14-22(15-11-21(28)26-22)16-18-6-8-19(24)9-7-18/h4-9,17,29H,1-2,10-16H2,3H3,(H,25,27)(H,26,28)/t17-,22-/m0/s1. The summed E-state index contributed by atoms with van der Waals surface area (Å²) in [5, 5.41) is 17.4. The van der Waals surface area contributed by atoms with Gasteiger partial charge in [-0.3, -0.25) is 9.59 Å². The van der Waals surface area contributed by atoms with Crippen LogP contribution in [-0.2, 0) is 16.0 Å². The fourth-order valence-corrected chi connectivity index (χ4v) is 4.04. The van der Waals surface area contributed by atoms with E-state index in [4.69, 9.17) is 11.6 Å². The molecule has 2 atom stereocenters. The van der Waals surface area contributed by atoms with E-state index in [-0.39, 0.29) is 18.2 Å². The van der Waals surface area contributed by atoms with E-state index < -0.39 is 17.2 Å². The van der Waals surface area contributed by atoms with Crippen molar-refractivity contribution >= 4 is 23.4 Å². The molecule has 0 aromatic heterocycles. The van der Waals surface area contributed by atoms with Crippen LogP contribution in [0.1, 0.15) is 51.0 Å². The second-order valence-corrected chi connectivity index (χ2v) is 8.45. The maximum atomic E-state index is 12.6. The van der Waals surface area contributed by atoms with Gasteiger partial charge in [0.1, 0.15) is 0 Å². The molecule has 0 radical (unpaired) electrons. The predicted octanol–water partition coefficient (Wildman–Crippen LogP) is 3.70. The van der Waals surface area contributed by atoms with Gasteiger partial charge in [-0.15, -0.1) is 13.2 Å². The zero-order chi connectivity index (χ0) is 21.5. The number of carbonyl (C=O) groups is 2. The maximum Gasteiger partial charge on any atom is 0.220 e. The predicted molar refractivity (Wildman–Crippen MR) is 117 cm³/mol. The Balaban J connectivity index is 2.00. The minimum Gasteiger partial charge on any atom is -0.387 e. The quantitative estimate of drug-likeness (QED) is 0.479. The first-order valence-electron chi connectivity index (χ1n) is 10.0. The number of carbonyl (C=O) groups excluding carboxylic acids is 2. The molecule has 1 aromatic carbocycles. The van der Waals surface area contributed by atoms with Gasteiger partial charge in [0.05, 0.1) is 11.6 Å². The molecule has 0 unspecified atom stereocenters. The highest BCUT2D eigenvalue weighted by Crippen LogP contribution is 2.30. The Hall–Kier alpha value is -2.11. The van der Waals surface area contributed by atoms with Gasteiger partial charge >= 0.3 is 0 Å². The number of hydrogen-bond acceptors (Lipinski definition) is 3. The third kappa shape index (κ3) is 6.44. The third-order valence-electron chi connectivity index (χ3n) is 5.70. The van der Waals surface area contributed by atoms with Gasteiger partial charge in [-0.2, -0.15) is 0 Å². The summed E-state index contributed by atoms with van der Waals surface area (Å²) in [6, 6.07) is 7.10. The Morgan fingerprint density at radius 1 is 1.34 bits per heavy atom. The number of benzene rings is 1. The molecule has 1 aliphatic rings. The summed E-state index contributed by atoms with van der Waals surface area (Å²) >= 11 is 5.96. The van der Waals surface area contributed by atoms with Gasteiger partial charge in [0.25, 0.3) is 0 Å². The van der Waals surface area contributed by atoms with E-state index in [1.165, 1.54) is 0 Å². The number of rotatable bonds is 11. The minimum atomic E-state index is -1.11. The Morgan fingerprint density at radius 2 is 1.97 bits per heavy atom. The van der Waals surface area contributed by atoms with Crippen LogP contribution in [0.3, 0.4) is 0 Å². The van der Waals surface area contributed by atoms with Crippen LogP contribution < -0.4 is 10.6 Å². The van der Waals surface area contributed by atoms with Crippen molar-refractivity contribution in [2.24, 2.45) is 0 Å². The molecule has 158 valence electrons. The molecule has 3 N–H and O–H groups in total. The van der Waals surface area contributed by atoms with Crippen molar-refractivity contribution in [3.63, 3.8) is 0 Å². The van der Waals surface area contributed by atoms with Gasteiger partial charge in [-0.25, -0.2) is 0 Å². The fourth-order valence-electron chi connectivity index (χ4n) is 3.91. The molecule has 1 heterocycles. The molecular weight excluding hydrogens is 388 g/mol. The maximum absolute atomic E-state index is 12.6. The lowest BCUT2D eigenvalue weighted by Gasteiger charge is -2.34. The average Bonchev–Trinajstić information content (AvgIpc) is 3.03. The molecule has 2 amide bonds. The van der Waals surface area contributed by atoms with Crippen LogP contribution in [0.4, 0.5) is 0 Å².